The van der Waals surface area contributed by atoms with E-state index in [1.165, 1.54) is 18.2 Å². The van der Waals surface area contributed by atoms with Crippen LogP contribution in [0.4, 0.5) is 13.2 Å². The molecule has 1 aromatic heterocycles. The van der Waals surface area contributed by atoms with E-state index in [0.717, 1.165) is 11.1 Å². The molecular formula is C18H20F3N3O2. The maximum absolute atomic E-state index is 13.7. The van der Waals surface area contributed by atoms with Crippen molar-refractivity contribution in [1.82, 2.24) is 15.2 Å². The highest BCUT2D eigenvalue weighted by Gasteiger charge is 2.38. The summed E-state index contributed by atoms with van der Waals surface area (Å²) >= 11 is 0. The van der Waals surface area contributed by atoms with Crippen molar-refractivity contribution in [2.24, 2.45) is 0 Å². The molecule has 8 heteroatoms. The molecule has 0 atom stereocenters. The molecule has 0 bridgehead atoms. The maximum atomic E-state index is 13.7. The second-order valence-corrected chi connectivity index (χ2v) is 6.10. The van der Waals surface area contributed by atoms with Gasteiger partial charge in [0, 0.05) is 24.2 Å². The third-order valence-corrected chi connectivity index (χ3v) is 3.74. The number of alkyl halides is 3. The number of likely N-dealkylation sites (N-methyl/N-ethyl adjacent to an activating group) is 1. The lowest BCUT2D eigenvalue weighted by Gasteiger charge is -2.23. The summed E-state index contributed by atoms with van der Waals surface area (Å²) in [5.41, 5.74) is -1.44. The summed E-state index contributed by atoms with van der Waals surface area (Å²) in [5.74, 6) is -1.31. The van der Waals surface area contributed by atoms with E-state index in [4.69, 9.17) is 0 Å². The number of pyridine rings is 1. The molecule has 2 rings (SSSR count). The van der Waals surface area contributed by atoms with Crippen LogP contribution < -0.4 is 5.32 Å². The Morgan fingerprint density at radius 2 is 1.88 bits per heavy atom. The van der Waals surface area contributed by atoms with Crippen LogP contribution in [-0.4, -0.2) is 40.8 Å². The van der Waals surface area contributed by atoms with E-state index in [1.807, 2.05) is 0 Å². The minimum atomic E-state index is -4.73. The zero-order valence-corrected chi connectivity index (χ0v) is 14.7. The van der Waals surface area contributed by atoms with E-state index < -0.39 is 29.1 Å². The highest BCUT2D eigenvalue weighted by molar-refractivity contribution is 6.01. The number of aromatic nitrogens is 1. The van der Waals surface area contributed by atoms with E-state index in [2.05, 4.69) is 10.3 Å². The fourth-order valence-corrected chi connectivity index (χ4v) is 2.65. The Bertz CT molecular complexity index is 819. The zero-order valence-electron chi connectivity index (χ0n) is 14.7. The summed E-state index contributed by atoms with van der Waals surface area (Å²) in [5, 5.41) is 2.47. The van der Waals surface area contributed by atoms with Gasteiger partial charge in [-0.1, -0.05) is 18.2 Å². The molecule has 2 aromatic rings. The summed E-state index contributed by atoms with van der Waals surface area (Å²) in [6.07, 6.45) is -3.80. The molecule has 0 aliphatic rings. The van der Waals surface area contributed by atoms with E-state index in [0.29, 0.717) is 0 Å². The Kier molecular flexibility index (Phi) is 5.84. The first-order valence-electron chi connectivity index (χ1n) is 8.18. The molecule has 0 unspecified atom stereocenters. The van der Waals surface area contributed by atoms with Gasteiger partial charge in [0.2, 0.25) is 5.91 Å². The molecule has 140 valence electrons. The second kappa shape index (κ2) is 7.72. The summed E-state index contributed by atoms with van der Waals surface area (Å²) in [4.78, 5) is 29.7. The van der Waals surface area contributed by atoms with Crippen LogP contribution in [0.1, 0.15) is 36.7 Å². The standard InChI is InChI=1S/C18H20F3N3O2/c1-4-24(10-15(25)23-11(2)3)17(26)13-9-22-14-8-6-5-7-12(14)16(13)18(19,20)21/h5-9,11H,4,10H2,1-3H3,(H,23,25). The van der Waals surface area contributed by atoms with Gasteiger partial charge in [0.1, 0.15) is 0 Å². The number of halogens is 3. The van der Waals surface area contributed by atoms with Crippen LogP contribution in [0.5, 0.6) is 0 Å². The topological polar surface area (TPSA) is 62.3 Å². The Morgan fingerprint density at radius 3 is 2.46 bits per heavy atom. The Balaban J connectivity index is 2.47. The number of para-hydroxylation sites is 1. The van der Waals surface area contributed by atoms with Crippen LogP contribution in [0.15, 0.2) is 30.5 Å². The van der Waals surface area contributed by atoms with Gasteiger partial charge in [-0.3, -0.25) is 14.6 Å². The Hall–Kier alpha value is -2.64. The smallest absolute Gasteiger partial charge is 0.352 e. The number of benzene rings is 1. The van der Waals surface area contributed by atoms with Crippen LogP contribution in [0.2, 0.25) is 0 Å². The average Bonchev–Trinajstić information content (AvgIpc) is 2.56. The monoisotopic (exact) mass is 367 g/mol. The lowest BCUT2D eigenvalue weighted by Crippen LogP contribution is -2.43. The van der Waals surface area contributed by atoms with E-state index in [-0.39, 0.29) is 30.0 Å². The molecule has 26 heavy (non-hydrogen) atoms. The molecule has 1 N–H and O–H groups in total. The van der Waals surface area contributed by atoms with Crippen LogP contribution in [0.3, 0.4) is 0 Å². The van der Waals surface area contributed by atoms with Gasteiger partial charge < -0.3 is 10.2 Å². The number of hydrogen-bond acceptors (Lipinski definition) is 3. The minimum absolute atomic E-state index is 0.0917. The molecule has 0 aliphatic carbocycles. The third-order valence-electron chi connectivity index (χ3n) is 3.74. The van der Waals surface area contributed by atoms with Crippen molar-refractivity contribution in [2.45, 2.75) is 33.0 Å². The molecular weight excluding hydrogens is 347 g/mol. The van der Waals surface area contributed by atoms with Crippen molar-refractivity contribution >= 4 is 22.7 Å². The summed E-state index contributed by atoms with van der Waals surface area (Å²) in [6.45, 7) is 4.88. The minimum Gasteiger partial charge on any atom is -0.352 e. The van der Waals surface area contributed by atoms with Gasteiger partial charge in [0.15, 0.2) is 0 Å². The van der Waals surface area contributed by atoms with Crippen molar-refractivity contribution in [3.8, 4) is 0 Å². The normalized spacial score (nSPS) is 11.7. The fourth-order valence-electron chi connectivity index (χ4n) is 2.65. The van der Waals surface area contributed by atoms with Gasteiger partial charge in [-0.2, -0.15) is 13.2 Å². The van der Waals surface area contributed by atoms with E-state index >= 15 is 0 Å². The molecule has 1 heterocycles. The largest absolute Gasteiger partial charge is 0.417 e. The van der Waals surface area contributed by atoms with Gasteiger partial charge in [-0.25, -0.2) is 0 Å². The van der Waals surface area contributed by atoms with Crippen molar-refractivity contribution in [3.63, 3.8) is 0 Å². The highest BCUT2D eigenvalue weighted by Crippen LogP contribution is 2.37. The van der Waals surface area contributed by atoms with Gasteiger partial charge in [-0.15, -0.1) is 0 Å². The quantitative estimate of drug-likeness (QED) is 0.883. The molecule has 5 nitrogen and oxygen atoms in total. The number of fused-ring (bicyclic) bond motifs is 1. The SMILES string of the molecule is CCN(CC(=O)NC(C)C)C(=O)c1cnc2ccccc2c1C(F)(F)F. The van der Waals surface area contributed by atoms with E-state index in [1.54, 1.807) is 26.8 Å². The van der Waals surface area contributed by atoms with Crippen LogP contribution in [0, 0.1) is 0 Å². The number of hydrogen-bond donors (Lipinski definition) is 1. The molecule has 0 radical (unpaired) electrons. The van der Waals surface area contributed by atoms with Gasteiger partial charge in [0.25, 0.3) is 5.91 Å². The van der Waals surface area contributed by atoms with Gasteiger partial charge >= 0.3 is 6.18 Å². The lowest BCUT2D eigenvalue weighted by molar-refractivity contribution is -0.136. The van der Waals surface area contributed by atoms with Crippen molar-refractivity contribution in [1.29, 1.82) is 0 Å². The number of nitrogens with zero attached hydrogens (tertiary/aromatic N) is 2. The molecule has 1 aromatic carbocycles. The predicted octanol–water partition coefficient (Wildman–Crippen LogP) is 3.24. The number of amides is 2. The first-order chi connectivity index (χ1) is 12.1. The van der Waals surface area contributed by atoms with Crippen LogP contribution in [-0.2, 0) is 11.0 Å². The predicted molar refractivity (Wildman–Crippen MR) is 91.6 cm³/mol. The van der Waals surface area contributed by atoms with Crippen LogP contribution >= 0.6 is 0 Å². The number of carbonyl (C=O) groups excluding carboxylic acids is 2. The molecule has 0 fully saturated rings. The average molecular weight is 367 g/mol. The first-order valence-corrected chi connectivity index (χ1v) is 8.18. The van der Waals surface area contributed by atoms with Crippen molar-refractivity contribution in [3.05, 3.63) is 41.6 Å². The third kappa shape index (κ3) is 4.30. The zero-order chi connectivity index (χ0) is 19.5. The summed E-state index contributed by atoms with van der Waals surface area (Å²) in [6, 6.07) is 5.63. The molecule has 0 aliphatic heterocycles. The molecule has 0 spiro atoms. The molecule has 0 saturated heterocycles. The van der Waals surface area contributed by atoms with Crippen molar-refractivity contribution < 1.29 is 22.8 Å². The highest BCUT2D eigenvalue weighted by atomic mass is 19.4. The molecule has 2 amide bonds. The summed E-state index contributed by atoms with van der Waals surface area (Å²) < 4.78 is 41.0. The lowest BCUT2D eigenvalue weighted by atomic mass is 10.0. The molecule has 0 saturated carbocycles. The summed E-state index contributed by atoms with van der Waals surface area (Å²) in [7, 11) is 0. The maximum Gasteiger partial charge on any atom is 0.417 e. The Morgan fingerprint density at radius 1 is 1.23 bits per heavy atom. The second-order valence-electron chi connectivity index (χ2n) is 6.10. The number of rotatable bonds is 5. The van der Waals surface area contributed by atoms with Crippen molar-refractivity contribution in [2.75, 3.05) is 13.1 Å². The first kappa shape index (κ1) is 19.7. The number of nitrogens with one attached hydrogen (secondary N) is 1. The fraction of sp³-hybridized carbons (Fsp3) is 0.389. The van der Waals surface area contributed by atoms with Crippen LogP contribution in [0.25, 0.3) is 10.9 Å². The number of carbonyl (C=O) groups is 2. The van der Waals surface area contributed by atoms with Gasteiger partial charge in [-0.05, 0) is 26.8 Å². The van der Waals surface area contributed by atoms with E-state index in [9.17, 15) is 22.8 Å². The van der Waals surface area contributed by atoms with Gasteiger partial charge in [0.05, 0.1) is 23.2 Å². The Labute approximate surface area is 149 Å².